The molecule has 0 spiro atoms. The van der Waals surface area contributed by atoms with Gasteiger partial charge in [-0.3, -0.25) is 14.3 Å². The second-order valence-electron chi connectivity index (χ2n) is 7.24. The van der Waals surface area contributed by atoms with E-state index in [1.54, 1.807) is 10.8 Å². The summed E-state index contributed by atoms with van der Waals surface area (Å²) in [5.74, 6) is 1.05. The normalized spacial score (nSPS) is 16.3. The lowest BCUT2D eigenvalue weighted by atomic mass is 9.91. The molecule has 0 saturated heterocycles. The van der Waals surface area contributed by atoms with Crippen LogP contribution in [0, 0.1) is 17.2 Å². The Morgan fingerprint density at radius 3 is 2.69 bits per heavy atom. The predicted molar refractivity (Wildman–Crippen MR) is 106 cm³/mol. The van der Waals surface area contributed by atoms with E-state index in [4.69, 9.17) is 5.73 Å². The van der Waals surface area contributed by atoms with Crippen LogP contribution in [-0.4, -0.2) is 26.8 Å². The van der Waals surface area contributed by atoms with Gasteiger partial charge < -0.3 is 5.73 Å². The first-order valence-corrected chi connectivity index (χ1v) is 9.18. The van der Waals surface area contributed by atoms with Gasteiger partial charge in [0, 0.05) is 35.2 Å². The molecule has 1 unspecified atom stereocenters. The SMILES string of the molecule is CC(C)(C)c1ccc(-c2nc3n(c(=O)c2C#N)CC(CN)CS3)cn1.Cl. The fourth-order valence-electron chi connectivity index (χ4n) is 2.74. The van der Waals surface area contributed by atoms with E-state index in [2.05, 4.69) is 30.7 Å². The van der Waals surface area contributed by atoms with E-state index in [0.29, 0.717) is 29.5 Å². The average molecular weight is 392 g/mol. The number of nitriles is 1. The van der Waals surface area contributed by atoms with Crippen LogP contribution in [0.5, 0.6) is 0 Å². The minimum atomic E-state index is -0.298. The largest absolute Gasteiger partial charge is 0.330 e. The zero-order valence-electron chi connectivity index (χ0n) is 15.0. The Morgan fingerprint density at radius 2 is 2.15 bits per heavy atom. The van der Waals surface area contributed by atoms with Gasteiger partial charge in [0.25, 0.3) is 5.56 Å². The van der Waals surface area contributed by atoms with Crippen LogP contribution in [0.15, 0.2) is 28.3 Å². The summed E-state index contributed by atoms with van der Waals surface area (Å²) >= 11 is 1.51. The number of aromatic nitrogens is 3. The van der Waals surface area contributed by atoms with Crippen LogP contribution < -0.4 is 11.3 Å². The van der Waals surface area contributed by atoms with Gasteiger partial charge in [0.1, 0.15) is 11.6 Å². The summed E-state index contributed by atoms with van der Waals surface area (Å²) in [6.45, 7) is 7.29. The lowest BCUT2D eigenvalue weighted by Gasteiger charge is -2.24. The van der Waals surface area contributed by atoms with Gasteiger partial charge in [0.15, 0.2) is 5.16 Å². The highest BCUT2D eigenvalue weighted by Crippen LogP contribution is 2.29. The second-order valence-corrected chi connectivity index (χ2v) is 8.23. The molecule has 0 bridgehead atoms. The molecule has 2 N–H and O–H groups in total. The molecule has 0 aromatic carbocycles. The van der Waals surface area contributed by atoms with Crippen molar-refractivity contribution in [3.63, 3.8) is 0 Å². The molecule has 2 aromatic heterocycles. The Hall–Kier alpha value is -1.88. The van der Waals surface area contributed by atoms with Gasteiger partial charge in [-0.25, -0.2) is 4.98 Å². The summed E-state index contributed by atoms with van der Waals surface area (Å²) in [5, 5.41) is 10.2. The molecule has 2 aromatic rings. The van der Waals surface area contributed by atoms with E-state index in [0.717, 1.165) is 11.4 Å². The van der Waals surface area contributed by atoms with Crippen LogP contribution in [0.25, 0.3) is 11.3 Å². The smallest absolute Gasteiger partial charge is 0.272 e. The first-order valence-electron chi connectivity index (χ1n) is 8.20. The average Bonchev–Trinajstić information content (AvgIpc) is 2.60. The molecule has 26 heavy (non-hydrogen) atoms. The third-order valence-corrected chi connectivity index (χ3v) is 5.48. The minimum absolute atomic E-state index is 0. The van der Waals surface area contributed by atoms with Gasteiger partial charge in [0.2, 0.25) is 0 Å². The summed E-state index contributed by atoms with van der Waals surface area (Å²) in [6.07, 6.45) is 1.69. The van der Waals surface area contributed by atoms with Crippen LogP contribution >= 0.6 is 24.2 Å². The van der Waals surface area contributed by atoms with E-state index in [9.17, 15) is 10.1 Å². The second kappa shape index (κ2) is 7.78. The van der Waals surface area contributed by atoms with Crippen molar-refractivity contribution in [3.8, 4) is 17.3 Å². The molecule has 6 nitrogen and oxygen atoms in total. The fourth-order valence-corrected chi connectivity index (χ4v) is 3.83. The summed E-state index contributed by atoms with van der Waals surface area (Å²) in [7, 11) is 0. The fraction of sp³-hybridized carbons (Fsp3) is 0.444. The molecule has 0 fully saturated rings. The third-order valence-electron chi connectivity index (χ3n) is 4.27. The van der Waals surface area contributed by atoms with Gasteiger partial charge in [0.05, 0.1) is 5.69 Å². The molecule has 138 valence electrons. The van der Waals surface area contributed by atoms with Crippen LogP contribution in [0.3, 0.4) is 0 Å². The van der Waals surface area contributed by atoms with Crippen molar-refractivity contribution in [2.45, 2.75) is 37.9 Å². The van der Waals surface area contributed by atoms with Gasteiger partial charge in [-0.1, -0.05) is 32.5 Å². The molecular formula is C18H22ClN5OS. The van der Waals surface area contributed by atoms with Crippen molar-refractivity contribution in [1.29, 1.82) is 5.26 Å². The van der Waals surface area contributed by atoms with Crippen LogP contribution in [0.2, 0.25) is 0 Å². The van der Waals surface area contributed by atoms with Crippen LogP contribution in [-0.2, 0) is 12.0 Å². The van der Waals surface area contributed by atoms with Crippen molar-refractivity contribution in [2.75, 3.05) is 12.3 Å². The lowest BCUT2D eigenvalue weighted by Crippen LogP contribution is -2.35. The zero-order valence-corrected chi connectivity index (χ0v) is 16.7. The molecule has 3 heterocycles. The predicted octanol–water partition coefficient (Wildman–Crippen LogP) is 2.58. The summed E-state index contributed by atoms with van der Waals surface area (Å²) in [4.78, 5) is 21.8. The van der Waals surface area contributed by atoms with E-state index in [-0.39, 0.29) is 34.9 Å². The third kappa shape index (κ3) is 3.78. The minimum Gasteiger partial charge on any atom is -0.330 e. The highest BCUT2D eigenvalue weighted by Gasteiger charge is 2.25. The zero-order chi connectivity index (χ0) is 18.2. The van der Waals surface area contributed by atoms with E-state index in [1.165, 1.54) is 11.8 Å². The van der Waals surface area contributed by atoms with E-state index in [1.807, 2.05) is 18.2 Å². The number of rotatable bonds is 2. The van der Waals surface area contributed by atoms with Gasteiger partial charge in [-0.15, -0.1) is 12.4 Å². The number of hydrogen-bond donors (Lipinski definition) is 1. The Morgan fingerprint density at radius 1 is 1.42 bits per heavy atom. The molecule has 0 amide bonds. The quantitative estimate of drug-likeness (QED) is 0.790. The van der Waals surface area contributed by atoms with Gasteiger partial charge in [-0.05, 0) is 24.6 Å². The molecule has 0 aliphatic carbocycles. The number of halogens is 1. The number of nitrogens with zero attached hydrogens (tertiary/aromatic N) is 4. The number of nitrogens with two attached hydrogens (primary N) is 1. The molecular weight excluding hydrogens is 370 g/mol. The molecule has 1 aliphatic heterocycles. The number of thioether (sulfide) groups is 1. The highest BCUT2D eigenvalue weighted by atomic mass is 35.5. The van der Waals surface area contributed by atoms with Crippen LogP contribution in [0.4, 0.5) is 0 Å². The standard InChI is InChI=1S/C18H21N5OS.ClH/c1-18(2,3)14-5-4-12(8-21-14)15-13(7-20)16(24)23-9-11(6-19)10-25-17(23)22-15;/h4-5,8,11H,6,9-10,19H2,1-3H3;1H. The molecule has 0 radical (unpaired) electrons. The maximum absolute atomic E-state index is 12.8. The Bertz CT molecular complexity index is 896. The van der Waals surface area contributed by atoms with Gasteiger partial charge >= 0.3 is 0 Å². The number of pyridine rings is 1. The summed E-state index contributed by atoms with van der Waals surface area (Å²) in [6, 6.07) is 5.83. The molecule has 1 aliphatic rings. The van der Waals surface area contributed by atoms with Crippen molar-refractivity contribution in [1.82, 2.24) is 14.5 Å². The summed E-state index contributed by atoms with van der Waals surface area (Å²) in [5.41, 5.74) is 7.47. The Balaban J connectivity index is 0.00000243. The number of fused-ring (bicyclic) bond motifs is 1. The van der Waals surface area contributed by atoms with Crippen molar-refractivity contribution in [3.05, 3.63) is 39.9 Å². The monoisotopic (exact) mass is 391 g/mol. The van der Waals surface area contributed by atoms with Crippen molar-refractivity contribution in [2.24, 2.45) is 11.7 Å². The topological polar surface area (TPSA) is 97.6 Å². The van der Waals surface area contributed by atoms with E-state index >= 15 is 0 Å². The van der Waals surface area contributed by atoms with Crippen molar-refractivity contribution < 1.29 is 0 Å². The highest BCUT2D eigenvalue weighted by molar-refractivity contribution is 7.99. The maximum Gasteiger partial charge on any atom is 0.272 e. The van der Waals surface area contributed by atoms with Gasteiger partial charge in [-0.2, -0.15) is 5.26 Å². The first kappa shape index (κ1) is 20.4. The number of hydrogen-bond acceptors (Lipinski definition) is 6. The molecule has 8 heteroatoms. The van der Waals surface area contributed by atoms with E-state index < -0.39 is 0 Å². The first-order chi connectivity index (χ1) is 11.8. The summed E-state index contributed by atoms with van der Waals surface area (Å²) < 4.78 is 1.57. The lowest BCUT2D eigenvalue weighted by molar-refractivity contribution is 0.439. The maximum atomic E-state index is 12.8. The van der Waals surface area contributed by atoms with Crippen molar-refractivity contribution >= 4 is 24.2 Å². The Labute approximate surface area is 163 Å². The molecule has 1 atom stereocenters. The molecule has 3 rings (SSSR count). The Kier molecular flexibility index (Phi) is 6.12. The van der Waals surface area contributed by atoms with Crippen LogP contribution in [0.1, 0.15) is 32.0 Å². The molecule has 0 saturated carbocycles.